The molecule has 8 heteroatoms. The van der Waals surface area contributed by atoms with Gasteiger partial charge in [-0.2, -0.15) is 5.10 Å². The Morgan fingerprint density at radius 1 is 1.06 bits per heavy atom. The molecule has 2 atom stereocenters. The van der Waals surface area contributed by atoms with Gasteiger partial charge in [-0.25, -0.2) is 0 Å². The lowest BCUT2D eigenvalue weighted by molar-refractivity contribution is -0.127. The summed E-state index contributed by atoms with van der Waals surface area (Å²) in [6, 6.07) is 19.0. The topological polar surface area (TPSA) is 103 Å². The van der Waals surface area contributed by atoms with Crippen LogP contribution in [0.15, 0.2) is 73.1 Å². The van der Waals surface area contributed by atoms with Crippen LogP contribution in [0.2, 0.25) is 0 Å². The summed E-state index contributed by atoms with van der Waals surface area (Å²) in [5, 5.41) is 14.5. The van der Waals surface area contributed by atoms with E-state index < -0.39 is 0 Å². The Morgan fingerprint density at radius 2 is 1.86 bits per heavy atom. The maximum atomic E-state index is 13.1. The van der Waals surface area contributed by atoms with Gasteiger partial charge < -0.3 is 10.6 Å². The molecule has 1 saturated heterocycles. The van der Waals surface area contributed by atoms with Gasteiger partial charge in [-0.05, 0) is 55.8 Å². The Kier molecular flexibility index (Phi) is 6.54. The van der Waals surface area contributed by atoms with E-state index in [4.69, 9.17) is 0 Å². The molecule has 3 N–H and O–H groups in total. The number of rotatable bonds is 6. The number of carbonyl (C=O) groups excluding carboxylic acids is 2. The lowest BCUT2D eigenvalue weighted by Crippen LogP contribution is -2.54. The number of pyridine rings is 1. The molecule has 178 valence electrons. The summed E-state index contributed by atoms with van der Waals surface area (Å²) in [5.74, 6) is -0.102. The van der Waals surface area contributed by atoms with E-state index in [1.165, 1.54) is 0 Å². The minimum absolute atomic E-state index is 0.0228. The summed E-state index contributed by atoms with van der Waals surface area (Å²) in [5.41, 5.74) is 4.26. The molecule has 8 nitrogen and oxygen atoms in total. The van der Waals surface area contributed by atoms with Crippen molar-refractivity contribution in [3.05, 3.63) is 84.2 Å². The van der Waals surface area contributed by atoms with Crippen LogP contribution in [-0.4, -0.2) is 57.6 Å². The molecule has 0 unspecified atom stereocenters. The van der Waals surface area contributed by atoms with Gasteiger partial charge in [0.1, 0.15) is 5.69 Å². The summed E-state index contributed by atoms with van der Waals surface area (Å²) in [6.45, 7) is 1.13. The van der Waals surface area contributed by atoms with Crippen LogP contribution in [-0.2, 0) is 11.3 Å². The average Bonchev–Trinajstić information content (AvgIpc) is 3.32. The monoisotopic (exact) mass is 468 g/mol. The minimum atomic E-state index is -0.197. The number of benzene rings is 2. The standard InChI is InChI=1S/C27H28N6O2/c1-33-17-21(8-10-24(33)27(35)29-16-18-5-3-2-4-6-18)30-26(34)20-7-9-23-22(15-20)25(32-31-23)19-11-13-28-14-12-19/h2-7,9,11-15,21,24H,8,10,16-17H2,1H3,(H,29,35)(H,30,34)(H,31,32)/t21-,24+/m1/s1. The van der Waals surface area contributed by atoms with Crippen molar-refractivity contribution in [2.24, 2.45) is 0 Å². The zero-order valence-electron chi connectivity index (χ0n) is 19.6. The second-order valence-corrected chi connectivity index (χ2v) is 8.97. The fourth-order valence-electron chi connectivity index (χ4n) is 4.65. The maximum absolute atomic E-state index is 13.1. The quantitative estimate of drug-likeness (QED) is 0.403. The summed E-state index contributed by atoms with van der Waals surface area (Å²) < 4.78 is 0. The first-order valence-electron chi connectivity index (χ1n) is 11.8. The number of hydrogen-bond donors (Lipinski definition) is 3. The number of nitrogens with zero attached hydrogens (tertiary/aromatic N) is 3. The van der Waals surface area contributed by atoms with Crippen LogP contribution in [0.3, 0.4) is 0 Å². The highest BCUT2D eigenvalue weighted by atomic mass is 16.2. The van der Waals surface area contributed by atoms with E-state index in [0.717, 1.165) is 34.1 Å². The molecule has 2 aromatic carbocycles. The highest BCUT2D eigenvalue weighted by Crippen LogP contribution is 2.27. The van der Waals surface area contributed by atoms with Gasteiger partial charge in [0.05, 0.1) is 11.6 Å². The van der Waals surface area contributed by atoms with E-state index >= 15 is 0 Å². The smallest absolute Gasteiger partial charge is 0.251 e. The van der Waals surface area contributed by atoms with Gasteiger partial charge in [0.2, 0.25) is 5.91 Å². The zero-order valence-corrected chi connectivity index (χ0v) is 19.6. The number of aromatic amines is 1. The van der Waals surface area contributed by atoms with E-state index in [9.17, 15) is 9.59 Å². The zero-order chi connectivity index (χ0) is 24.2. The third kappa shape index (κ3) is 5.07. The maximum Gasteiger partial charge on any atom is 0.251 e. The van der Waals surface area contributed by atoms with Gasteiger partial charge in [-0.1, -0.05) is 30.3 Å². The molecule has 2 amide bonds. The Bertz CT molecular complexity index is 1320. The summed E-state index contributed by atoms with van der Waals surface area (Å²) in [7, 11) is 1.93. The minimum Gasteiger partial charge on any atom is -0.351 e. The van der Waals surface area contributed by atoms with Crippen LogP contribution in [0.25, 0.3) is 22.2 Å². The van der Waals surface area contributed by atoms with E-state index in [2.05, 4.69) is 25.8 Å². The van der Waals surface area contributed by atoms with Crippen molar-refractivity contribution < 1.29 is 9.59 Å². The third-order valence-electron chi connectivity index (χ3n) is 6.56. The van der Waals surface area contributed by atoms with E-state index in [1.807, 2.05) is 66.5 Å². The van der Waals surface area contributed by atoms with Crippen LogP contribution in [0.1, 0.15) is 28.8 Å². The molecule has 0 spiro atoms. The molecule has 1 aliphatic heterocycles. The lowest BCUT2D eigenvalue weighted by Gasteiger charge is -2.36. The van der Waals surface area contributed by atoms with Crippen LogP contribution in [0.4, 0.5) is 0 Å². The second-order valence-electron chi connectivity index (χ2n) is 8.97. The highest BCUT2D eigenvalue weighted by Gasteiger charge is 2.31. The molecule has 4 aromatic rings. The van der Waals surface area contributed by atoms with Gasteiger partial charge in [0, 0.05) is 48.0 Å². The first-order valence-corrected chi connectivity index (χ1v) is 11.8. The highest BCUT2D eigenvalue weighted by molar-refractivity contribution is 6.01. The van der Waals surface area contributed by atoms with Gasteiger partial charge >= 0.3 is 0 Å². The number of H-pyrrole nitrogens is 1. The van der Waals surface area contributed by atoms with Crippen molar-refractivity contribution in [1.29, 1.82) is 0 Å². The Balaban J connectivity index is 1.20. The number of aromatic nitrogens is 3. The van der Waals surface area contributed by atoms with Crippen molar-refractivity contribution in [2.75, 3.05) is 13.6 Å². The summed E-state index contributed by atoms with van der Waals surface area (Å²) in [6.07, 6.45) is 4.88. The van der Waals surface area contributed by atoms with Gasteiger partial charge in [0.15, 0.2) is 0 Å². The number of fused-ring (bicyclic) bond motifs is 1. The van der Waals surface area contributed by atoms with Gasteiger partial charge in [-0.15, -0.1) is 0 Å². The van der Waals surface area contributed by atoms with Crippen LogP contribution in [0, 0.1) is 0 Å². The van der Waals surface area contributed by atoms with Crippen LogP contribution in [0.5, 0.6) is 0 Å². The van der Waals surface area contributed by atoms with Crippen molar-refractivity contribution in [3.8, 4) is 11.3 Å². The van der Waals surface area contributed by atoms with E-state index in [0.29, 0.717) is 25.1 Å². The fraction of sp³-hybridized carbons (Fsp3) is 0.259. The van der Waals surface area contributed by atoms with Gasteiger partial charge in [-0.3, -0.25) is 24.6 Å². The molecule has 2 aromatic heterocycles. The Labute approximate surface area is 203 Å². The average molecular weight is 469 g/mol. The molecule has 0 bridgehead atoms. The molecule has 0 radical (unpaired) electrons. The van der Waals surface area contributed by atoms with Gasteiger partial charge in [0.25, 0.3) is 5.91 Å². The number of piperidine rings is 1. The van der Waals surface area contributed by atoms with Crippen LogP contribution < -0.4 is 10.6 Å². The number of hydrogen-bond acceptors (Lipinski definition) is 5. The third-order valence-corrected chi connectivity index (χ3v) is 6.56. The normalized spacial score (nSPS) is 18.3. The molecule has 5 rings (SSSR count). The summed E-state index contributed by atoms with van der Waals surface area (Å²) >= 11 is 0. The summed E-state index contributed by atoms with van der Waals surface area (Å²) in [4.78, 5) is 31.9. The lowest BCUT2D eigenvalue weighted by atomic mass is 9.97. The number of likely N-dealkylation sites (N-methyl/N-ethyl adjacent to an activating group) is 1. The van der Waals surface area contributed by atoms with Crippen molar-refractivity contribution in [2.45, 2.75) is 31.5 Å². The number of amides is 2. The molecular formula is C27H28N6O2. The molecule has 0 aliphatic carbocycles. The van der Waals surface area contributed by atoms with E-state index in [1.54, 1.807) is 18.5 Å². The molecule has 1 aliphatic rings. The predicted octanol–water partition coefficient (Wildman–Crippen LogP) is 3.13. The Morgan fingerprint density at radius 3 is 2.63 bits per heavy atom. The van der Waals surface area contributed by atoms with Crippen LogP contribution >= 0.6 is 0 Å². The molecule has 1 fully saturated rings. The predicted molar refractivity (Wildman–Crippen MR) is 135 cm³/mol. The number of nitrogens with one attached hydrogen (secondary N) is 3. The molecule has 35 heavy (non-hydrogen) atoms. The van der Waals surface area contributed by atoms with Crippen molar-refractivity contribution in [3.63, 3.8) is 0 Å². The SMILES string of the molecule is CN1C[C@H](NC(=O)c2ccc3[nH]nc(-c4ccncc4)c3c2)CC[C@H]1C(=O)NCc1ccccc1. The second kappa shape index (κ2) is 10.1. The fourth-order valence-corrected chi connectivity index (χ4v) is 4.65. The largest absolute Gasteiger partial charge is 0.351 e. The Hall–Kier alpha value is -4.04. The van der Waals surface area contributed by atoms with E-state index in [-0.39, 0.29) is 23.9 Å². The molecule has 3 heterocycles. The molecular weight excluding hydrogens is 440 g/mol. The van der Waals surface area contributed by atoms with Crippen molar-refractivity contribution in [1.82, 2.24) is 30.7 Å². The number of likely N-dealkylation sites (tertiary alicyclic amines) is 1. The van der Waals surface area contributed by atoms with Crippen molar-refractivity contribution >= 4 is 22.7 Å². The number of carbonyl (C=O) groups is 2. The first kappa shape index (κ1) is 22.7. The molecule has 0 saturated carbocycles. The first-order chi connectivity index (χ1) is 17.1.